The van der Waals surface area contributed by atoms with Gasteiger partial charge in [-0.25, -0.2) is 0 Å². The number of unbranched alkanes of at least 4 members (excludes halogenated alkanes) is 7. The van der Waals surface area contributed by atoms with Gasteiger partial charge in [0.2, 0.25) is 0 Å². The Morgan fingerprint density at radius 1 is 1.06 bits per heavy atom. The summed E-state index contributed by atoms with van der Waals surface area (Å²) in [6.45, 7) is 5.48. The molecule has 0 spiro atoms. The van der Waals surface area contributed by atoms with E-state index >= 15 is 0 Å². The van der Waals surface area contributed by atoms with Crippen LogP contribution in [0.25, 0.3) is 0 Å². The van der Waals surface area contributed by atoms with Crippen molar-refractivity contribution >= 4 is 22.6 Å². The van der Waals surface area contributed by atoms with Gasteiger partial charge in [0.05, 0.1) is 0 Å². The molecule has 0 N–H and O–H groups in total. The molecule has 0 fully saturated rings. The Hall–Kier alpha value is -0.0600. The van der Waals surface area contributed by atoms with Gasteiger partial charge in [-0.3, -0.25) is 4.68 Å². The fraction of sp³-hybridized carbons (Fsp3) is 0.786. The van der Waals surface area contributed by atoms with Crippen LogP contribution in [-0.4, -0.2) is 9.78 Å². The highest BCUT2D eigenvalue weighted by Crippen LogP contribution is 2.11. The van der Waals surface area contributed by atoms with Crippen molar-refractivity contribution in [2.24, 2.45) is 0 Å². The van der Waals surface area contributed by atoms with Gasteiger partial charge in [0.25, 0.3) is 0 Å². The first-order valence-corrected chi connectivity index (χ1v) is 8.01. The maximum atomic E-state index is 4.47. The summed E-state index contributed by atoms with van der Waals surface area (Å²) in [5.74, 6) is 0. The van der Waals surface area contributed by atoms with Crippen molar-refractivity contribution in [3.05, 3.63) is 15.5 Å². The van der Waals surface area contributed by atoms with Crippen LogP contribution < -0.4 is 0 Å². The van der Waals surface area contributed by atoms with E-state index in [4.69, 9.17) is 0 Å². The zero-order chi connectivity index (χ0) is 12.5. The van der Waals surface area contributed by atoms with Crippen molar-refractivity contribution in [2.45, 2.75) is 71.8 Å². The minimum Gasteiger partial charge on any atom is -0.271 e. The lowest BCUT2D eigenvalue weighted by atomic mass is 10.1. The highest BCUT2D eigenvalue weighted by atomic mass is 127. The van der Waals surface area contributed by atoms with Crippen molar-refractivity contribution < 1.29 is 0 Å². The second-order valence-corrected chi connectivity index (χ2v) is 5.86. The van der Waals surface area contributed by atoms with Crippen LogP contribution in [0.3, 0.4) is 0 Å². The Kier molecular flexibility index (Phi) is 7.90. The van der Waals surface area contributed by atoms with E-state index in [1.54, 1.807) is 0 Å². The second-order valence-electron chi connectivity index (χ2n) is 4.84. The molecule has 1 aromatic rings. The quantitative estimate of drug-likeness (QED) is 0.457. The summed E-state index contributed by atoms with van der Waals surface area (Å²) in [5, 5.41) is 4.47. The van der Waals surface area contributed by atoms with E-state index in [1.165, 1.54) is 56.9 Å². The number of hydrogen-bond acceptors (Lipinski definition) is 1. The molecule has 98 valence electrons. The minimum atomic E-state index is 1.08. The average molecular weight is 348 g/mol. The minimum absolute atomic E-state index is 1.08. The summed E-state index contributed by atoms with van der Waals surface area (Å²) in [6.07, 6.45) is 13.2. The molecule has 0 saturated carbocycles. The molecule has 0 bridgehead atoms. The number of hydrogen-bond donors (Lipinski definition) is 0. The van der Waals surface area contributed by atoms with Crippen molar-refractivity contribution in [3.63, 3.8) is 0 Å². The van der Waals surface area contributed by atoms with Crippen molar-refractivity contribution in [3.8, 4) is 0 Å². The highest BCUT2D eigenvalue weighted by Gasteiger charge is 2.00. The Bertz CT molecular complexity index is 288. The normalized spacial score (nSPS) is 11.0. The fourth-order valence-corrected chi connectivity index (χ4v) is 2.44. The number of aromatic nitrogens is 2. The number of aryl methyl sites for hydroxylation is 2. The molecule has 1 aromatic heterocycles. The van der Waals surface area contributed by atoms with Gasteiger partial charge < -0.3 is 0 Å². The van der Waals surface area contributed by atoms with E-state index < -0.39 is 0 Å². The van der Waals surface area contributed by atoms with Crippen LogP contribution in [0.1, 0.15) is 63.9 Å². The van der Waals surface area contributed by atoms with Crippen LogP contribution in [0.4, 0.5) is 0 Å². The molecule has 0 aromatic carbocycles. The first-order chi connectivity index (χ1) is 8.24. The van der Waals surface area contributed by atoms with Crippen LogP contribution in [0.15, 0.2) is 6.20 Å². The molecule has 0 aliphatic rings. The molecule has 0 aliphatic heterocycles. The highest BCUT2D eigenvalue weighted by molar-refractivity contribution is 14.1. The van der Waals surface area contributed by atoms with Crippen LogP contribution in [0.2, 0.25) is 0 Å². The van der Waals surface area contributed by atoms with E-state index in [2.05, 4.69) is 52.4 Å². The van der Waals surface area contributed by atoms with Gasteiger partial charge >= 0.3 is 0 Å². The van der Waals surface area contributed by atoms with Crippen LogP contribution in [-0.2, 0) is 6.54 Å². The zero-order valence-electron chi connectivity index (χ0n) is 11.2. The Balaban J connectivity index is 1.97. The second kappa shape index (κ2) is 8.95. The molecule has 0 amide bonds. The molecule has 3 heteroatoms. The molecule has 1 rings (SSSR count). The summed E-state index contributed by atoms with van der Waals surface area (Å²) in [7, 11) is 0. The van der Waals surface area contributed by atoms with Crippen LogP contribution in [0, 0.1) is 10.6 Å². The Morgan fingerprint density at radius 2 is 1.65 bits per heavy atom. The smallest absolute Gasteiger partial charge is 0.126 e. The average Bonchev–Trinajstić information content (AvgIpc) is 2.62. The predicted molar refractivity (Wildman–Crippen MR) is 82.3 cm³/mol. The van der Waals surface area contributed by atoms with E-state index in [0.29, 0.717) is 0 Å². The molecule has 0 unspecified atom stereocenters. The SMILES string of the molecule is CCCCCCCCCCn1cc(C)c(I)n1. The lowest BCUT2D eigenvalue weighted by molar-refractivity contribution is 0.518. The first kappa shape index (κ1) is 15.0. The largest absolute Gasteiger partial charge is 0.271 e. The summed E-state index contributed by atoms with van der Waals surface area (Å²) in [6, 6.07) is 0. The maximum Gasteiger partial charge on any atom is 0.126 e. The Morgan fingerprint density at radius 3 is 2.18 bits per heavy atom. The summed E-state index contributed by atoms with van der Waals surface area (Å²) in [4.78, 5) is 0. The standard InChI is InChI=1S/C14H25IN2/c1-3-4-5-6-7-8-9-10-11-17-12-13(2)14(15)16-17/h12H,3-11H2,1-2H3. The molecule has 17 heavy (non-hydrogen) atoms. The molecule has 0 saturated heterocycles. The third-order valence-electron chi connectivity index (χ3n) is 3.13. The predicted octanol–water partition coefficient (Wildman–Crippen LogP) is 4.94. The molecule has 2 nitrogen and oxygen atoms in total. The number of nitrogens with zero attached hydrogens (tertiary/aromatic N) is 2. The van der Waals surface area contributed by atoms with E-state index in [-0.39, 0.29) is 0 Å². The van der Waals surface area contributed by atoms with Crippen LogP contribution in [0.5, 0.6) is 0 Å². The van der Waals surface area contributed by atoms with Crippen molar-refractivity contribution in [2.75, 3.05) is 0 Å². The number of rotatable bonds is 9. The Labute approximate surface area is 119 Å². The fourth-order valence-electron chi connectivity index (χ4n) is 2.02. The molecule has 0 atom stereocenters. The van der Waals surface area contributed by atoms with Gasteiger partial charge in [-0.2, -0.15) is 5.10 Å². The van der Waals surface area contributed by atoms with Gasteiger partial charge in [0.1, 0.15) is 3.70 Å². The van der Waals surface area contributed by atoms with Gasteiger partial charge in [-0.1, -0.05) is 51.9 Å². The third kappa shape index (κ3) is 6.43. The van der Waals surface area contributed by atoms with Gasteiger partial charge in [-0.15, -0.1) is 0 Å². The third-order valence-corrected chi connectivity index (χ3v) is 4.19. The van der Waals surface area contributed by atoms with Gasteiger partial charge in [-0.05, 0) is 35.9 Å². The number of halogens is 1. The molecular weight excluding hydrogens is 323 g/mol. The summed E-state index contributed by atoms with van der Waals surface area (Å²) in [5.41, 5.74) is 1.30. The van der Waals surface area contributed by atoms with Gasteiger partial charge in [0.15, 0.2) is 0 Å². The zero-order valence-corrected chi connectivity index (χ0v) is 13.4. The lowest BCUT2D eigenvalue weighted by Crippen LogP contribution is -1.98. The molecule has 0 aliphatic carbocycles. The maximum absolute atomic E-state index is 4.47. The van der Waals surface area contributed by atoms with E-state index in [1.807, 2.05) is 0 Å². The summed E-state index contributed by atoms with van der Waals surface area (Å²) >= 11 is 2.30. The molecule has 1 heterocycles. The van der Waals surface area contributed by atoms with Crippen LogP contribution >= 0.6 is 22.6 Å². The van der Waals surface area contributed by atoms with E-state index in [0.717, 1.165) is 10.2 Å². The molecular formula is C14H25IN2. The lowest BCUT2D eigenvalue weighted by Gasteiger charge is -2.02. The summed E-state index contributed by atoms with van der Waals surface area (Å²) < 4.78 is 3.23. The van der Waals surface area contributed by atoms with Gasteiger partial charge in [0, 0.05) is 18.3 Å². The topological polar surface area (TPSA) is 17.8 Å². The van der Waals surface area contributed by atoms with Crippen molar-refractivity contribution in [1.29, 1.82) is 0 Å². The van der Waals surface area contributed by atoms with Crippen molar-refractivity contribution in [1.82, 2.24) is 9.78 Å². The first-order valence-electron chi connectivity index (χ1n) is 6.93. The van der Waals surface area contributed by atoms with E-state index in [9.17, 15) is 0 Å². The monoisotopic (exact) mass is 348 g/mol. The molecule has 0 radical (unpaired) electrons.